The highest BCUT2D eigenvalue weighted by Gasteiger charge is 2.58. The average molecular weight is 473 g/mol. The maximum atomic E-state index is 13.4. The van der Waals surface area contributed by atoms with Crippen molar-refractivity contribution in [3.05, 3.63) is 35.4 Å². The van der Waals surface area contributed by atoms with Crippen LogP contribution in [-0.2, 0) is 33.8 Å². The van der Waals surface area contributed by atoms with E-state index in [9.17, 15) is 18.4 Å². The number of carbonyl (C=O) groups excluding carboxylic acids is 2. The zero-order chi connectivity index (χ0) is 23.0. The van der Waals surface area contributed by atoms with Gasteiger partial charge in [-0.1, -0.05) is 34.9 Å². The number of esters is 2. The monoisotopic (exact) mass is 472 g/mol. The molecule has 2 atom stereocenters. The Kier molecular flexibility index (Phi) is 6.50. The first-order valence-corrected chi connectivity index (χ1v) is 11.3. The molecule has 4 fully saturated rings. The fourth-order valence-corrected chi connectivity index (χ4v) is 6.68. The fraction of sp³-hybridized carbons (Fsp3) is 0.636. The van der Waals surface area contributed by atoms with Gasteiger partial charge in [-0.2, -0.15) is 8.78 Å². The lowest BCUT2D eigenvalue weighted by Crippen LogP contribution is -2.55. The van der Waals surface area contributed by atoms with Crippen LogP contribution in [0.25, 0.3) is 0 Å². The summed E-state index contributed by atoms with van der Waals surface area (Å²) in [5.41, 5.74) is 2.51. The Balaban J connectivity index is 1.36. The molecule has 4 bridgehead atoms. The van der Waals surface area contributed by atoms with Crippen molar-refractivity contribution in [1.82, 2.24) is 0 Å². The van der Waals surface area contributed by atoms with Gasteiger partial charge in [-0.05, 0) is 68.3 Å². The van der Waals surface area contributed by atoms with Gasteiger partial charge in [-0.25, -0.2) is 14.8 Å². The number of hydrogen-bond acceptors (Lipinski definition) is 8. The quantitative estimate of drug-likeness (QED) is 0.242. The zero-order valence-electron chi connectivity index (χ0n) is 17.7. The molecule has 4 aliphatic carbocycles. The Labute approximate surface area is 188 Å². The van der Waals surface area contributed by atoms with Crippen molar-refractivity contribution in [3.8, 4) is 0 Å². The summed E-state index contributed by atoms with van der Waals surface area (Å²) in [6.45, 7) is 1.33. The van der Waals surface area contributed by atoms with Crippen molar-refractivity contribution < 1.29 is 42.5 Å². The predicted octanol–water partition coefficient (Wildman–Crippen LogP) is 4.58. The van der Waals surface area contributed by atoms with E-state index < -0.39 is 35.8 Å². The van der Waals surface area contributed by atoms with Crippen LogP contribution in [0.2, 0.25) is 0 Å². The minimum Gasteiger partial charge on any atom is -0.463 e. The summed E-state index contributed by atoms with van der Waals surface area (Å²) in [7, 11) is 0. The Morgan fingerprint density at radius 1 is 1.12 bits per heavy atom. The van der Waals surface area contributed by atoms with Crippen LogP contribution in [0.5, 0.6) is 0 Å². The van der Waals surface area contributed by atoms with Crippen LogP contribution in [0.4, 0.5) is 8.78 Å². The molecule has 0 heterocycles. The molecule has 5 rings (SSSR count). The third kappa shape index (κ3) is 4.78. The van der Waals surface area contributed by atoms with E-state index in [4.69, 9.17) is 9.99 Å². The molecule has 0 amide bonds. The Morgan fingerprint density at radius 3 is 2.41 bits per heavy atom. The third-order valence-corrected chi connectivity index (χ3v) is 7.62. The number of alkyl halides is 2. The summed E-state index contributed by atoms with van der Waals surface area (Å²) in [5, 5.41) is 6.81. The second-order valence-electron chi connectivity index (χ2n) is 9.59. The molecule has 0 aliphatic heterocycles. The third-order valence-electron chi connectivity index (χ3n) is 7.11. The van der Waals surface area contributed by atoms with E-state index in [1.807, 2.05) is 0 Å². The van der Waals surface area contributed by atoms with E-state index in [0.717, 1.165) is 32.1 Å². The lowest BCUT2D eigenvalue weighted by Gasteiger charge is -2.62. The van der Waals surface area contributed by atoms with E-state index >= 15 is 0 Å². The van der Waals surface area contributed by atoms with E-state index in [-0.39, 0.29) is 17.4 Å². The molecule has 4 saturated carbocycles. The molecule has 0 radical (unpaired) electrons. The van der Waals surface area contributed by atoms with Crippen LogP contribution in [0.1, 0.15) is 49.7 Å². The predicted molar refractivity (Wildman–Crippen MR) is 109 cm³/mol. The molecule has 1 aromatic rings. The summed E-state index contributed by atoms with van der Waals surface area (Å²) in [4.78, 5) is 23.5. The number of ether oxygens (including phenoxy) is 2. The maximum absolute atomic E-state index is 13.4. The molecule has 10 heteroatoms. The highest BCUT2D eigenvalue weighted by Crippen LogP contribution is 2.65. The molecule has 0 aromatic heterocycles. The Morgan fingerprint density at radius 2 is 1.78 bits per heavy atom. The number of aryl methyl sites for hydroxylation is 1. The number of hydrogen-bond donors (Lipinski definition) is 1. The highest BCUT2D eigenvalue weighted by molar-refractivity contribution is 7.96. The van der Waals surface area contributed by atoms with E-state index in [2.05, 4.69) is 45.3 Å². The number of carbonyl (C=O) groups is 2. The maximum Gasteiger partial charge on any atom is 0.415 e. The molecule has 7 nitrogen and oxygen atoms in total. The second kappa shape index (κ2) is 8.89. The van der Waals surface area contributed by atoms with Crippen molar-refractivity contribution >= 4 is 24.0 Å². The number of halogens is 2. The van der Waals surface area contributed by atoms with Crippen molar-refractivity contribution in [1.29, 1.82) is 0 Å². The number of benzene rings is 1. The second-order valence-corrected chi connectivity index (χ2v) is 10.4. The van der Waals surface area contributed by atoms with E-state index in [0.29, 0.717) is 11.8 Å². The molecule has 0 saturated heterocycles. The topological polar surface area (TPSA) is 91.3 Å². The Hall–Kier alpha value is -1.75. The van der Waals surface area contributed by atoms with E-state index in [1.54, 1.807) is 0 Å². The molecule has 4 aliphatic rings. The van der Waals surface area contributed by atoms with Gasteiger partial charge in [0.05, 0.1) is 6.61 Å². The van der Waals surface area contributed by atoms with Crippen LogP contribution in [0, 0.1) is 24.2 Å². The molecule has 176 valence electrons. The summed E-state index contributed by atoms with van der Waals surface area (Å²) in [6.07, 6.45) is 6.39. The smallest absolute Gasteiger partial charge is 0.415 e. The Bertz CT molecular complexity index is 846. The van der Waals surface area contributed by atoms with Gasteiger partial charge in [-0.3, -0.25) is 0 Å². The van der Waals surface area contributed by atoms with Gasteiger partial charge < -0.3 is 9.47 Å². The van der Waals surface area contributed by atoms with Gasteiger partial charge in [0.1, 0.15) is 12.0 Å². The van der Waals surface area contributed by atoms with Gasteiger partial charge in [0.25, 0.3) is 0 Å². The molecular formula is C22H26F2O7S. The van der Waals surface area contributed by atoms with E-state index in [1.165, 1.54) is 17.5 Å². The minimum atomic E-state index is -4.15. The van der Waals surface area contributed by atoms with Gasteiger partial charge >= 0.3 is 17.2 Å². The minimum absolute atomic E-state index is 0.0880. The van der Waals surface area contributed by atoms with Gasteiger partial charge in [0.2, 0.25) is 0 Å². The van der Waals surface area contributed by atoms with Crippen LogP contribution in [-0.4, -0.2) is 35.7 Å². The van der Waals surface area contributed by atoms with Gasteiger partial charge in [-0.15, -0.1) is 4.33 Å². The first-order valence-electron chi connectivity index (χ1n) is 10.6. The molecule has 2 unspecified atom stereocenters. The standard InChI is InChI=1S/C22H26F2O7S/c1-14-2-4-17(5-3-14)21-9-15-6-16(10-21)8-20(7-15,12-21)13-29-18(25)11-28-19(26)22(23,24)32-31-30-27/h2-5,15-16,27H,6-13H2,1H3. The molecule has 0 spiro atoms. The molecule has 1 aromatic carbocycles. The molecule has 32 heavy (non-hydrogen) atoms. The van der Waals surface area contributed by atoms with Gasteiger partial charge in [0.15, 0.2) is 6.61 Å². The lowest BCUT2D eigenvalue weighted by molar-refractivity contribution is -0.433. The number of rotatable bonds is 9. The summed E-state index contributed by atoms with van der Waals surface area (Å²) >= 11 is -0.744. The van der Waals surface area contributed by atoms with Crippen LogP contribution < -0.4 is 0 Å². The summed E-state index contributed by atoms with van der Waals surface area (Å²) in [6, 6.07) is 8.71. The molecule has 1 N–H and O–H groups in total. The average Bonchev–Trinajstić information content (AvgIpc) is 2.74. The summed E-state index contributed by atoms with van der Waals surface area (Å²) in [5.74, 6) is -1.71. The van der Waals surface area contributed by atoms with Crippen molar-refractivity contribution in [2.24, 2.45) is 17.3 Å². The highest BCUT2D eigenvalue weighted by atomic mass is 32.2. The van der Waals surface area contributed by atoms with Crippen molar-refractivity contribution in [2.45, 2.75) is 56.1 Å². The first kappa shape index (κ1) is 23.4. The van der Waals surface area contributed by atoms with Crippen molar-refractivity contribution in [2.75, 3.05) is 13.2 Å². The largest absolute Gasteiger partial charge is 0.463 e. The van der Waals surface area contributed by atoms with Crippen molar-refractivity contribution in [3.63, 3.8) is 0 Å². The van der Waals surface area contributed by atoms with Crippen LogP contribution in [0.3, 0.4) is 0 Å². The summed E-state index contributed by atoms with van der Waals surface area (Å²) < 4.78 is 40.1. The zero-order valence-corrected chi connectivity index (χ0v) is 18.5. The van der Waals surface area contributed by atoms with Gasteiger partial charge in [0, 0.05) is 5.41 Å². The fourth-order valence-electron chi connectivity index (χ4n) is 6.44. The van der Waals surface area contributed by atoms with Crippen LogP contribution >= 0.6 is 12.0 Å². The molecular weight excluding hydrogens is 446 g/mol. The first-order chi connectivity index (χ1) is 15.2. The normalized spacial score (nSPS) is 30.9. The SMILES string of the molecule is Cc1ccc(C23CC4CC(CC(COC(=O)COC(=O)C(F)(F)SOOO)(C4)C2)C3)cc1. The lowest BCUT2D eigenvalue weighted by atomic mass is 9.43. The van der Waals surface area contributed by atoms with Crippen LogP contribution in [0.15, 0.2) is 24.3 Å².